The van der Waals surface area contributed by atoms with Gasteiger partial charge in [0, 0.05) is 14.1 Å². The van der Waals surface area contributed by atoms with Crippen molar-refractivity contribution < 1.29 is 14.4 Å². The van der Waals surface area contributed by atoms with E-state index in [1.807, 2.05) is 19.0 Å². The van der Waals surface area contributed by atoms with Crippen molar-refractivity contribution in [2.75, 3.05) is 30.9 Å². The lowest BCUT2D eigenvalue weighted by molar-refractivity contribution is -0.142. The van der Waals surface area contributed by atoms with Gasteiger partial charge in [0.05, 0.1) is 23.7 Å². The predicted octanol–water partition coefficient (Wildman–Crippen LogP) is 1.26. The normalized spacial score (nSPS) is 23.2. The highest BCUT2D eigenvalue weighted by atomic mass is 16.2. The number of imide groups is 1. The van der Waals surface area contributed by atoms with Crippen LogP contribution in [0.5, 0.6) is 0 Å². The molecule has 1 saturated heterocycles. The topological polar surface area (TPSA) is 82.6 Å². The Kier molecular flexibility index (Phi) is 4.51. The fourth-order valence-electron chi connectivity index (χ4n) is 3.46. The summed E-state index contributed by atoms with van der Waals surface area (Å²) in [5.74, 6) is -0.432. The second-order valence-corrected chi connectivity index (χ2v) is 6.61. The Morgan fingerprint density at radius 3 is 2.33 bits per heavy atom. The first-order valence-corrected chi connectivity index (χ1v) is 8.26. The number of hydrogen-bond acceptors (Lipinski definition) is 5. The molecule has 0 unspecified atom stereocenters. The third-order valence-corrected chi connectivity index (χ3v) is 4.72. The van der Waals surface area contributed by atoms with Crippen molar-refractivity contribution in [1.82, 2.24) is 9.88 Å². The highest BCUT2D eigenvalue weighted by Crippen LogP contribution is 2.37. The quantitative estimate of drug-likeness (QED) is 0.841. The maximum absolute atomic E-state index is 12.4. The molecule has 2 aliphatic rings. The number of nitrogens with zero attached hydrogens (tertiary/aromatic N) is 3. The molecule has 24 heavy (non-hydrogen) atoms. The van der Waals surface area contributed by atoms with E-state index in [1.165, 1.54) is 0 Å². The van der Waals surface area contributed by atoms with E-state index in [1.54, 1.807) is 18.3 Å². The first kappa shape index (κ1) is 16.4. The molecule has 0 bridgehead atoms. The monoisotopic (exact) mass is 330 g/mol. The van der Waals surface area contributed by atoms with E-state index in [-0.39, 0.29) is 36.1 Å². The van der Waals surface area contributed by atoms with Gasteiger partial charge in [-0.1, -0.05) is 12.8 Å². The van der Waals surface area contributed by atoms with Crippen LogP contribution < -0.4 is 10.2 Å². The van der Waals surface area contributed by atoms with Crippen LogP contribution >= 0.6 is 0 Å². The predicted molar refractivity (Wildman–Crippen MR) is 89.4 cm³/mol. The fourth-order valence-corrected chi connectivity index (χ4v) is 3.46. The summed E-state index contributed by atoms with van der Waals surface area (Å²) in [7, 11) is 3.76. The van der Waals surface area contributed by atoms with Crippen molar-refractivity contribution in [3.8, 4) is 0 Å². The molecule has 128 valence electrons. The molecule has 2 fully saturated rings. The number of carbonyl (C=O) groups excluding carboxylic acids is 3. The van der Waals surface area contributed by atoms with Crippen molar-refractivity contribution >= 4 is 29.2 Å². The zero-order chi connectivity index (χ0) is 17.3. The highest BCUT2D eigenvalue weighted by molar-refractivity contribution is 6.08. The van der Waals surface area contributed by atoms with E-state index in [0.29, 0.717) is 5.69 Å². The van der Waals surface area contributed by atoms with Gasteiger partial charge in [0.15, 0.2) is 0 Å². The molecule has 7 nitrogen and oxygen atoms in total. The molecule has 7 heteroatoms. The minimum Gasteiger partial charge on any atom is -0.363 e. The smallest absolute Gasteiger partial charge is 0.244 e. The molecule has 1 aliphatic heterocycles. The van der Waals surface area contributed by atoms with Gasteiger partial charge in [0.2, 0.25) is 17.7 Å². The van der Waals surface area contributed by atoms with Crippen LogP contribution in [0.15, 0.2) is 18.3 Å². The van der Waals surface area contributed by atoms with Gasteiger partial charge in [0.25, 0.3) is 0 Å². The number of fused-ring (bicyclic) bond motifs is 1. The Hall–Kier alpha value is -2.44. The van der Waals surface area contributed by atoms with E-state index in [0.717, 1.165) is 36.4 Å². The lowest BCUT2D eigenvalue weighted by atomic mass is 9.81. The summed E-state index contributed by atoms with van der Waals surface area (Å²) in [5.41, 5.74) is 0.544. The van der Waals surface area contributed by atoms with Crippen LogP contribution in [-0.4, -0.2) is 48.2 Å². The molecule has 2 atom stereocenters. The average Bonchev–Trinajstić information content (AvgIpc) is 2.81. The summed E-state index contributed by atoms with van der Waals surface area (Å²) in [6.45, 7) is -0.222. The summed E-state index contributed by atoms with van der Waals surface area (Å²) < 4.78 is 0. The van der Waals surface area contributed by atoms with Gasteiger partial charge < -0.3 is 10.2 Å². The number of pyridine rings is 1. The van der Waals surface area contributed by atoms with Crippen LogP contribution in [0.3, 0.4) is 0 Å². The molecule has 1 saturated carbocycles. The third-order valence-electron chi connectivity index (χ3n) is 4.72. The Balaban J connectivity index is 1.62. The number of carbonyl (C=O) groups is 3. The summed E-state index contributed by atoms with van der Waals surface area (Å²) in [5, 5.41) is 2.69. The Bertz CT molecular complexity index is 632. The second kappa shape index (κ2) is 6.59. The van der Waals surface area contributed by atoms with Gasteiger partial charge in [-0.3, -0.25) is 19.3 Å². The van der Waals surface area contributed by atoms with Crippen molar-refractivity contribution in [3.05, 3.63) is 18.3 Å². The van der Waals surface area contributed by atoms with Crippen LogP contribution in [0, 0.1) is 11.8 Å². The lowest BCUT2D eigenvalue weighted by Gasteiger charge is -2.19. The SMILES string of the molecule is CN(C)c1ccc(NC(=O)CN2C(=O)[C@H]3CCCC[C@@H]3C2=O)cn1. The van der Waals surface area contributed by atoms with Crippen molar-refractivity contribution in [3.63, 3.8) is 0 Å². The highest BCUT2D eigenvalue weighted by Gasteiger charge is 2.48. The minimum absolute atomic E-state index is 0.194. The molecule has 1 aliphatic carbocycles. The molecule has 0 spiro atoms. The maximum Gasteiger partial charge on any atom is 0.244 e. The summed E-state index contributed by atoms with van der Waals surface area (Å²) in [6, 6.07) is 3.53. The first-order chi connectivity index (χ1) is 11.5. The van der Waals surface area contributed by atoms with Gasteiger partial charge in [0.1, 0.15) is 12.4 Å². The van der Waals surface area contributed by atoms with E-state index < -0.39 is 0 Å². The number of likely N-dealkylation sites (tertiary alicyclic amines) is 1. The van der Waals surface area contributed by atoms with Crippen LogP contribution in [0.4, 0.5) is 11.5 Å². The third kappa shape index (κ3) is 3.11. The number of nitrogens with one attached hydrogen (secondary N) is 1. The molecule has 1 aromatic rings. The van der Waals surface area contributed by atoms with E-state index >= 15 is 0 Å². The van der Waals surface area contributed by atoms with Gasteiger partial charge in [-0.25, -0.2) is 4.98 Å². The Morgan fingerprint density at radius 1 is 1.21 bits per heavy atom. The Labute approximate surface area is 141 Å². The lowest BCUT2D eigenvalue weighted by Crippen LogP contribution is -2.38. The minimum atomic E-state index is -0.380. The molecule has 1 aromatic heterocycles. The molecule has 3 amide bonds. The summed E-state index contributed by atoms with van der Waals surface area (Å²) >= 11 is 0. The first-order valence-electron chi connectivity index (χ1n) is 8.26. The van der Waals surface area contributed by atoms with E-state index in [4.69, 9.17) is 0 Å². The molecule has 3 rings (SSSR count). The standard InChI is InChI=1S/C17H22N4O3/c1-20(2)14-8-7-11(9-18-14)19-15(22)10-21-16(23)12-5-3-4-6-13(12)17(21)24/h7-9,12-13H,3-6,10H2,1-2H3,(H,19,22)/t12-,13-/m0/s1. The molecule has 2 heterocycles. The van der Waals surface area contributed by atoms with E-state index in [9.17, 15) is 14.4 Å². The van der Waals surface area contributed by atoms with Crippen LogP contribution in [0.25, 0.3) is 0 Å². The van der Waals surface area contributed by atoms with Gasteiger partial charge >= 0.3 is 0 Å². The van der Waals surface area contributed by atoms with Crippen LogP contribution in [0.1, 0.15) is 25.7 Å². The zero-order valence-corrected chi connectivity index (χ0v) is 14.0. The van der Waals surface area contributed by atoms with Crippen molar-refractivity contribution in [2.24, 2.45) is 11.8 Å². The van der Waals surface area contributed by atoms with Crippen LogP contribution in [0.2, 0.25) is 0 Å². The second-order valence-electron chi connectivity index (χ2n) is 6.61. The fraction of sp³-hybridized carbons (Fsp3) is 0.529. The molecule has 0 aromatic carbocycles. The molecular formula is C17H22N4O3. The number of hydrogen-bond donors (Lipinski definition) is 1. The number of amides is 3. The number of rotatable bonds is 4. The average molecular weight is 330 g/mol. The van der Waals surface area contributed by atoms with Crippen molar-refractivity contribution in [2.45, 2.75) is 25.7 Å². The molecule has 1 N–H and O–H groups in total. The maximum atomic E-state index is 12.4. The molecular weight excluding hydrogens is 308 g/mol. The number of aromatic nitrogens is 1. The van der Waals surface area contributed by atoms with Gasteiger partial charge in [-0.2, -0.15) is 0 Å². The number of anilines is 2. The Morgan fingerprint density at radius 2 is 1.83 bits per heavy atom. The van der Waals surface area contributed by atoms with Gasteiger partial charge in [-0.05, 0) is 25.0 Å². The summed E-state index contributed by atoms with van der Waals surface area (Å²) in [4.78, 5) is 44.1. The van der Waals surface area contributed by atoms with Gasteiger partial charge in [-0.15, -0.1) is 0 Å². The van der Waals surface area contributed by atoms with E-state index in [2.05, 4.69) is 10.3 Å². The van der Waals surface area contributed by atoms with Crippen molar-refractivity contribution in [1.29, 1.82) is 0 Å². The zero-order valence-electron chi connectivity index (χ0n) is 14.0. The van der Waals surface area contributed by atoms with Crippen LogP contribution in [-0.2, 0) is 14.4 Å². The largest absolute Gasteiger partial charge is 0.363 e. The summed E-state index contributed by atoms with van der Waals surface area (Å²) in [6.07, 6.45) is 5.02. The molecule has 0 radical (unpaired) electrons.